The number of pyridine rings is 1. The quantitative estimate of drug-likeness (QED) is 0.887. The first-order valence-electron chi connectivity index (χ1n) is 6.34. The molecule has 104 valence electrons. The maximum atomic E-state index is 11.3. The van der Waals surface area contributed by atoms with E-state index < -0.39 is 5.97 Å². The summed E-state index contributed by atoms with van der Waals surface area (Å²) < 4.78 is 6.00. The summed E-state index contributed by atoms with van der Waals surface area (Å²) in [5.74, 6) is -1.00. The molecule has 1 aromatic rings. The summed E-state index contributed by atoms with van der Waals surface area (Å²) in [4.78, 5) is 17.3. The van der Waals surface area contributed by atoms with Crippen LogP contribution in [0.4, 0.5) is 5.69 Å². The smallest absolute Gasteiger partial charge is 0.356 e. The van der Waals surface area contributed by atoms with Crippen LogP contribution in [0.5, 0.6) is 0 Å². The number of rotatable bonds is 2. The molecule has 0 saturated carbocycles. The topological polar surface area (TPSA) is 62.7 Å². The Morgan fingerprint density at radius 1 is 1.32 bits per heavy atom. The van der Waals surface area contributed by atoms with Crippen LogP contribution in [0.1, 0.15) is 38.2 Å². The van der Waals surface area contributed by atoms with Gasteiger partial charge >= 0.3 is 5.97 Å². The van der Waals surface area contributed by atoms with Crippen LogP contribution in [-0.2, 0) is 4.74 Å². The van der Waals surface area contributed by atoms with Gasteiger partial charge in [0.05, 0.1) is 16.9 Å². The zero-order valence-electron chi connectivity index (χ0n) is 11.8. The number of carboxylic acids is 1. The lowest BCUT2D eigenvalue weighted by atomic mass is 9.98. The first-order chi connectivity index (χ1) is 8.70. The second kappa shape index (κ2) is 4.49. The lowest BCUT2D eigenvalue weighted by Gasteiger charge is -2.48. The van der Waals surface area contributed by atoms with Crippen molar-refractivity contribution in [3.63, 3.8) is 0 Å². The van der Waals surface area contributed by atoms with Gasteiger partial charge in [-0.3, -0.25) is 0 Å². The molecule has 0 aromatic carbocycles. The zero-order chi connectivity index (χ0) is 14.3. The van der Waals surface area contributed by atoms with E-state index in [9.17, 15) is 9.90 Å². The molecule has 1 aliphatic heterocycles. The third-order valence-corrected chi connectivity index (χ3v) is 3.03. The molecule has 1 aromatic heterocycles. The lowest BCUT2D eigenvalue weighted by molar-refractivity contribution is -0.133. The van der Waals surface area contributed by atoms with E-state index in [4.69, 9.17) is 4.74 Å². The number of carbonyl (C=O) groups is 1. The average molecular weight is 264 g/mol. The Labute approximate surface area is 113 Å². The van der Waals surface area contributed by atoms with Crippen LogP contribution in [0.25, 0.3) is 0 Å². The van der Waals surface area contributed by atoms with Crippen molar-refractivity contribution >= 4 is 11.7 Å². The minimum Gasteiger partial charge on any atom is -0.476 e. The summed E-state index contributed by atoms with van der Waals surface area (Å²) in [5.41, 5.74) is 0.0937. The molecule has 0 atom stereocenters. The molecule has 1 saturated heterocycles. The van der Waals surface area contributed by atoms with Crippen LogP contribution >= 0.6 is 0 Å². The van der Waals surface area contributed by atoms with E-state index in [0.717, 1.165) is 0 Å². The largest absolute Gasteiger partial charge is 0.476 e. The van der Waals surface area contributed by atoms with Crippen molar-refractivity contribution in [3.8, 4) is 0 Å². The highest BCUT2D eigenvalue weighted by Gasteiger charge is 2.39. The van der Waals surface area contributed by atoms with Crippen LogP contribution in [0.15, 0.2) is 18.3 Å². The molecule has 0 aliphatic carbocycles. The van der Waals surface area contributed by atoms with Crippen LogP contribution in [0, 0.1) is 0 Å². The monoisotopic (exact) mass is 264 g/mol. The summed E-state index contributed by atoms with van der Waals surface area (Å²) in [6, 6.07) is 3.56. The number of nitrogens with zero attached hydrogens (tertiary/aromatic N) is 2. The van der Waals surface area contributed by atoms with Gasteiger partial charge in [-0.1, -0.05) is 0 Å². The predicted molar refractivity (Wildman–Crippen MR) is 72.7 cm³/mol. The summed E-state index contributed by atoms with van der Waals surface area (Å²) in [6.45, 7) is 9.33. The molecule has 5 heteroatoms. The molecular formula is C14H20N2O3. The van der Waals surface area contributed by atoms with Crippen molar-refractivity contribution < 1.29 is 14.6 Å². The summed E-state index contributed by atoms with van der Waals surface area (Å²) in [5, 5.41) is 9.24. The fraction of sp³-hybridized carbons (Fsp3) is 0.571. The number of morpholine rings is 1. The highest BCUT2D eigenvalue weighted by Crippen LogP contribution is 2.32. The standard InChI is InChI=1S/C14H20N2O3/c1-13(2)8-16(9-14(3,4)19-13)10-6-5-7-15-11(10)12(17)18/h5-7H,8-9H2,1-4H3,(H,17,18). The Bertz CT molecular complexity index is 481. The molecule has 0 amide bonds. The van der Waals surface area contributed by atoms with E-state index in [1.165, 1.54) is 6.20 Å². The number of hydrogen-bond donors (Lipinski definition) is 1. The molecule has 1 aliphatic rings. The van der Waals surface area contributed by atoms with Gasteiger partial charge in [0, 0.05) is 19.3 Å². The van der Waals surface area contributed by atoms with E-state index >= 15 is 0 Å². The van der Waals surface area contributed by atoms with Crippen LogP contribution < -0.4 is 4.90 Å². The second-order valence-corrected chi connectivity index (χ2v) is 6.15. The van der Waals surface area contributed by atoms with Gasteiger partial charge in [-0.2, -0.15) is 0 Å². The summed E-state index contributed by atoms with van der Waals surface area (Å²) >= 11 is 0. The molecule has 0 unspecified atom stereocenters. The van der Waals surface area contributed by atoms with Crippen molar-refractivity contribution in [1.82, 2.24) is 4.98 Å². The van der Waals surface area contributed by atoms with Gasteiger partial charge in [0.25, 0.3) is 0 Å². The van der Waals surface area contributed by atoms with E-state index in [1.807, 2.05) is 32.6 Å². The number of carboxylic acid groups (broad SMARTS) is 1. The third-order valence-electron chi connectivity index (χ3n) is 3.03. The fourth-order valence-electron chi connectivity index (χ4n) is 2.77. The molecule has 19 heavy (non-hydrogen) atoms. The Hall–Kier alpha value is -1.62. The molecule has 2 rings (SSSR count). The molecule has 2 heterocycles. The minimum atomic E-state index is -1.00. The molecule has 1 N–H and O–H groups in total. The Kier molecular flexibility index (Phi) is 3.26. The fourth-order valence-corrected chi connectivity index (χ4v) is 2.77. The normalized spacial score (nSPS) is 21.2. The van der Waals surface area contributed by atoms with Gasteiger partial charge in [-0.05, 0) is 39.8 Å². The Balaban J connectivity index is 2.39. The molecule has 1 fully saturated rings. The van der Waals surface area contributed by atoms with E-state index in [2.05, 4.69) is 4.98 Å². The zero-order valence-corrected chi connectivity index (χ0v) is 11.8. The number of aromatic carboxylic acids is 1. The highest BCUT2D eigenvalue weighted by molar-refractivity contribution is 5.92. The molecule has 0 spiro atoms. The van der Waals surface area contributed by atoms with Crippen molar-refractivity contribution in [2.45, 2.75) is 38.9 Å². The van der Waals surface area contributed by atoms with Gasteiger partial charge in [-0.25, -0.2) is 9.78 Å². The van der Waals surface area contributed by atoms with Gasteiger partial charge in [0.15, 0.2) is 5.69 Å². The number of hydrogen-bond acceptors (Lipinski definition) is 4. The van der Waals surface area contributed by atoms with Gasteiger partial charge in [0.2, 0.25) is 0 Å². The summed E-state index contributed by atoms with van der Waals surface area (Å²) in [6.07, 6.45) is 1.50. The average Bonchev–Trinajstić information content (AvgIpc) is 2.24. The third kappa shape index (κ3) is 3.04. The van der Waals surface area contributed by atoms with Gasteiger partial charge in [-0.15, -0.1) is 0 Å². The van der Waals surface area contributed by atoms with Crippen molar-refractivity contribution in [1.29, 1.82) is 0 Å². The number of aromatic nitrogens is 1. The van der Waals surface area contributed by atoms with Crippen molar-refractivity contribution in [2.75, 3.05) is 18.0 Å². The van der Waals surface area contributed by atoms with E-state index in [0.29, 0.717) is 18.8 Å². The SMILES string of the molecule is CC1(C)CN(c2cccnc2C(=O)O)CC(C)(C)O1. The maximum absolute atomic E-state index is 11.3. The molecule has 0 bridgehead atoms. The van der Waals surface area contributed by atoms with Gasteiger partial charge in [0.1, 0.15) is 0 Å². The summed E-state index contributed by atoms with van der Waals surface area (Å²) in [7, 11) is 0. The van der Waals surface area contributed by atoms with Crippen molar-refractivity contribution in [3.05, 3.63) is 24.0 Å². The first-order valence-corrected chi connectivity index (χ1v) is 6.34. The Morgan fingerprint density at radius 2 is 1.89 bits per heavy atom. The number of anilines is 1. The van der Waals surface area contributed by atoms with E-state index in [1.54, 1.807) is 12.1 Å². The maximum Gasteiger partial charge on any atom is 0.356 e. The first kappa shape index (κ1) is 13.8. The lowest BCUT2D eigenvalue weighted by Crippen LogP contribution is -2.57. The highest BCUT2D eigenvalue weighted by atomic mass is 16.5. The Morgan fingerprint density at radius 3 is 2.42 bits per heavy atom. The second-order valence-electron chi connectivity index (χ2n) is 6.15. The van der Waals surface area contributed by atoms with Crippen molar-refractivity contribution in [2.24, 2.45) is 0 Å². The van der Waals surface area contributed by atoms with Gasteiger partial charge < -0.3 is 14.7 Å². The minimum absolute atomic E-state index is 0.0935. The van der Waals surface area contributed by atoms with Crippen LogP contribution in [0.2, 0.25) is 0 Å². The van der Waals surface area contributed by atoms with Crippen LogP contribution in [0.3, 0.4) is 0 Å². The predicted octanol–water partition coefficient (Wildman–Crippen LogP) is 2.17. The molecular weight excluding hydrogens is 244 g/mol. The van der Waals surface area contributed by atoms with Crippen LogP contribution in [-0.4, -0.2) is 40.4 Å². The van der Waals surface area contributed by atoms with E-state index in [-0.39, 0.29) is 16.9 Å². The molecule has 5 nitrogen and oxygen atoms in total. The molecule has 0 radical (unpaired) electrons. The number of ether oxygens (including phenoxy) is 1.